The zero-order chi connectivity index (χ0) is 16.5. The van der Waals surface area contributed by atoms with Crippen LogP contribution in [0.4, 0.5) is 4.39 Å². The van der Waals surface area contributed by atoms with Gasteiger partial charge in [0.1, 0.15) is 18.0 Å². The summed E-state index contributed by atoms with van der Waals surface area (Å²) in [5.74, 6) is 1.07. The first-order valence-electron chi connectivity index (χ1n) is 8.76. The molecule has 24 heavy (non-hydrogen) atoms. The van der Waals surface area contributed by atoms with Crippen LogP contribution in [0.15, 0.2) is 30.6 Å². The molecule has 0 bridgehead atoms. The molecule has 2 aliphatic rings. The summed E-state index contributed by atoms with van der Waals surface area (Å²) in [5.41, 5.74) is 0.376. The van der Waals surface area contributed by atoms with Crippen LogP contribution in [0.25, 0.3) is 0 Å². The van der Waals surface area contributed by atoms with Crippen LogP contribution < -0.4 is 0 Å². The molecule has 2 aromatic rings. The van der Waals surface area contributed by atoms with Crippen molar-refractivity contribution in [1.29, 1.82) is 0 Å². The van der Waals surface area contributed by atoms with Crippen LogP contribution in [-0.2, 0) is 0 Å². The van der Waals surface area contributed by atoms with Crippen molar-refractivity contribution in [3.63, 3.8) is 0 Å². The van der Waals surface area contributed by atoms with E-state index in [4.69, 9.17) is 0 Å². The minimum Gasteiger partial charge on any atom is -0.387 e. The van der Waals surface area contributed by atoms with Gasteiger partial charge in [0.2, 0.25) is 0 Å². The number of hydrogen-bond donors (Lipinski definition) is 1. The van der Waals surface area contributed by atoms with Gasteiger partial charge in [-0.25, -0.2) is 4.39 Å². The number of aliphatic hydroxyl groups is 1. The second-order valence-electron chi connectivity index (χ2n) is 6.96. The van der Waals surface area contributed by atoms with Crippen molar-refractivity contribution in [2.75, 3.05) is 19.6 Å². The number of benzene rings is 1. The number of piperidine rings is 1. The fraction of sp³-hybridized carbons (Fsp3) is 0.556. The average Bonchev–Trinajstić information content (AvgIpc) is 3.32. The molecule has 1 aromatic heterocycles. The van der Waals surface area contributed by atoms with Crippen LogP contribution in [0.1, 0.15) is 55.1 Å². The number of β-amino-alcohol motifs (C(OH)–C–C–N with tert-alkyl or cyclic N) is 1. The Morgan fingerprint density at radius 2 is 2.08 bits per heavy atom. The minimum absolute atomic E-state index is 0.341. The number of nitrogens with zero attached hydrogens (tertiary/aromatic N) is 4. The fourth-order valence-electron chi connectivity index (χ4n) is 3.70. The summed E-state index contributed by atoms with van der Waals surface area (Å²) in [6.45, 7) is 2.23. The summed E-state index contributed by atoms with van der Waals surface area (Å²) in [6.07, 6.45) is 5.64. The first-order valence-corrected chi connectivity index (χ1v) is 8.76. The van der Waals surface area contributed by atoms with Gasteiger partial charge in [-0.1, -0.05) is 18.2 Å². The van der Waals surface area contributed by atoms with Crippen LogP contribution in [0, 0.1) is 5.82 Å². The largest absolute Gasteiger partial charge is 0.387 e. The molecule has 5 nitrogen and oxygen atoms in total. The second-order valence-corrected chi connectivity index (χ2v) is 6.96. The zero-order valence-corrected chi connectivity index (χ0v) is 13.7. The molecule has 1 N–H and O–H groups in total. The van der Waals surface area contributed by atoms with Gasteiger partial charge in [0.05, 0.1) is 6.10 Å². The Morgan fingerprint density at radius 3 is 2.88 bits per heavy atom. The number of hydrogen-bond acceptors (Lipinski definition) is 4. The quantitative estimate of drug-likeness (QED) is 0.916. The monoisotopic (exact) mass is 330 g/mol. The predicted octanol–water partition coefficient (Wildman–Crippen LogP) is 2.67. The Balaban J connectivity index is 1.43. The Labute approximate surface area is 141 Å². The first-order chi connectivity index (χ1) is 11.7. The van der Waals surface area contributed by atoms with Crippen molar-refractivity contribution in [2.45, 2.75) is 43.7 Å². The maximum Gasteiger partial charge on any atom is 0.137 e. The molecule has 0 spiro atoms. The maximum atomic E-state index is 13.8. The molecule has 1 aliphatic heterocycles. The van der Waals surface area contributed by atoms with E-state index in [-0.39, 0.29) is 5.82 Å². The third kappa shape index (κ3) is 3.21. The lowest BCUT2D eigenvalue weighted by molar-refractivity contribution is 0.0916. The molecule has 0 unspecified atom stereocenters. The predicted molar refractivity (Wildman–Crippen MR) is 88.1 cm³/mol. The highest BCUT2D eigenvalue weighted by atomic mass is 19.1. The summed E-state index contributed by atoms with van der Waals surface area (Å²) in [4.78, 5) is 2.22. The first kappa shape index (κ1) is 15.7. The normalized spacial score (nSPS) is 23.3. The molecule has 2 fully saturated rings. The number of likely N-dealkylation sites (tertiary alicyclic amines) is 1. The van der Waals surface area contributed by atoms with E-state index in [1.165, 1.54) is 18.9 Å². The Morgan fingerprint density at radius 1 is 1.25 bits per heavy atom. The van der Waals surface area contributed by atoms with Gasteiger partial charge < -0.3 is 9.67 Å². The lowest BCUT2D eigenvalue weighted by Gasteiger charge is -2.33. The summed E-state index contributed by atoms with van der Waals surface area (Å²) in [6, 6.07) is 7.04. The molecule has 0 radical (unpaired) electrons. The average molecular weight is 330 g/mol. The van der Waals surface area contributed by atoms with Gasteiger partial charge in [-0.2, -0.15) is 0 Å². The van der Waals surface area contributed by atoms with Crippen LogP contribution >= 0.6 is 0 Å². The topological polar surface area (TPSA) is 54.2 Å². The van der Waals surface area contributed by atoms with Gasteiger partial charge in [-0.05, 0) is 38.3 Å². The summed E-state index contributed by atoms with van der Waals surface area (Å²) < 4.78 is 16.1. The van der Waals surface area contributed by atoms with E-state index >= 15 is 0 Å². The lowest BCUT2D eigenvalue weighted by Crippen LogP contribution is -2.38. The van der Waals surface area contributed by atoms with Crippen molar-refractivity contribution in [2.24, 2.45) is 0 Å². The smallest absolute Gasteiger partial charge is 0.137 e. The summed E-state index contributed by atoms with van der Waals surface area (Å²) >= 11 is 0. The van der Waals surface area contributed by atoms with Gasteiger partial charge in [0.25, 0.3) is 0 Å². The van der Waals surface area contributed by atoms with E-state index in [0.29, 0.717) is 24.1 Å². The summed E-state index contributed by atoms with van der Waals surface area (Å²) in [5, 5.41) is 18.9. The van der Waals surface area contributed by atoms with Crippen molar-refractivity contribution in [3.8, 4) is 0 Å². The van der Waals surface area contributed by atoms with E-state index in [1.807, 2.05) is 6.33 Å². The van der Waals surface area contributed by atoms with Gasteiger partial charge in [0, 0.05) is 30.6 Å². The summed E-state index contributed by atoms with van der Waals surface area (Å²) in [7, 11) is 0. The highest BCUT2D eigenvalue weighted by molar-refractivity contribution is 5.20. The number of aliphatic hydroxyl groups excluding tert-OH is 1. The van der Waals surface area contributed by atoms with Gasteiger partial charge >= 0.3 is 0 Å². The number of aromatic nitrogens is 3. The highest BCUT2D eigenvalue weighted by Crippen LogP contribution is 2.38. The Bertz CT molecular complexity index is 700. The highest BCUT2D eigenvalue weighted by Gasteiger charge is 2.32. The van der Waals surface area contributed by atoms with Crippen molar-refractivity contribution in [3.05, 3.63) is 47.8 Å². The van der Waals surface area contributed by atoms with Crippen molar-refractivity contribution >= 4 is 0 Å². The Hall–Kier alpha value is -1.79. The minimum atomic E-state index is -0.800. The van der Waals surface area contributed by atoms with E-state index < -0.39 is 6.10 Å². The molecule has 1 aromatic carbocycles. The van der Waals surface area contributed by atoms with Crippen LogP contribution in [0.2, 0.25) is 0 Å². The fourth-order valence-corrected chi connectivity index (χ4v) is 3.70. The number of rotatable bonds is 5. The van der Waals surface area contributed by atoms with E-state index in [9.17, 15) is 9.50 Å². The van der Waals surface area contributed by atoms with E-state index in [1.54, 1.807) is 18.2 Å². The van der Waals surface area contributed by atoms with Gasteiger partial charge in [0.15, 0.2) is 0 Å². The lowest BCUT2D eigenvalue weighted by atomic mass is 9.96. The molecule has 0 amide bonds. The van der Waals surface area contributed by atoms with E-state index in [0.717, 1.165) is 31.8 Å². The molecule has 1 saturated carbocycles. The molecule has 2 atom stereocenters. The SMILES string of the molecule is O[C@@H](CN1CCC[C@@H](c2nncn2C2CC2)C1)c1ccccc1F. The molecule has 128 valence electrons. The van der Waals surface area contributed by atoms with E-state index in [2.05, 4.69) is 19.7 Å². The molecular weight excluding hydrogens is 307 g/mol. The second kappa shape index (κ2) is 6.61. The molecule has 6 heteroatoms. The van der Waals surface area contributed by atoms with Gasteiger partial charge in [-0.15, -0.1) is 10.2 Å². The Kier molecular flexibility index (Phi) is 4.33. The molecular formula is C18H23FN4O. The van der Waals surface area contributed by atoms with Crippen LogP contribution in [0.5, 0.6) is 0 Å². The van der Waals surface area contributed by atoms with Crippen LogP contribution in [-0.4, -0.2) is 44.4 Å². The van der Waals surface area contributed by atoms with Crippen LogP contribution in [0.3, 0.4) is 0 Å². The number of halogens is 1. The molecule has 4 rings (SSSR count). The molecule has 1 aliphatic carbocycles. The third-order valence-corrected chi connectivity index (χ3v) is 5.11. The molecule has 2 heterocycles. The van der Waals surface area contributed by atoms with Gasteiger partial charge in [-0.3, -0.25) is 4.90 Å². The maximum absolute atomic E-state index is 13.8. The standard InChI is InChI=1S/C18H23FN4O/c19-16-6-2-1-5-15(16)17(24)11-22-9-3-4-13(10-22)18-21-20-12-23(18)14-7-8-14/h1-2,5-6,12-14,17,24H,3-4,7-11H2/t13-,17+/m1/s1. The third-order valence-electron chi connectivity index (χ3n) is 5.11. The zero-order valence-electron chi connectivity index (χ0n) is 13.7. The molecule has 1 saturated heterocycles. The van der Waals surface area contributed by atoms with Crippen molar-refractivity contribution < 1.29 is 9.50 Å². The van der Waals surface area contributed by atoms with Crippen molar-refractivity contribution in [1.82, 2.24) is 19.7 Å².